The zero-order chi connectivity index (χ0) is 13.9. The zero-order valence-corrected chi connectivity index (χ0v) is 10.9. The Labute approximate surface area is 110 Å². The van der Waals surface area contributed by atoms with Gasteiger partial charge in [-0.25, -0.2) is 0 Å². The predicted molar refractivity (Wildman–Crippen MR) is 72.0 cm³/mol. The number of carbonyl (C=O) groups excluding carboxylic acids is 1. The molecular weight excluding hydrogens is 263 g/mol. The molecule has 1 unspecified atom stereocenters. The van der Waals surface area contributed by atoms with E-state index in [9.17, 15) is 19.1 Å². The van der Waals surface area contributed by atoms with Gasteiger partial charge in [0, 0.05) is 5.56 Å². The van der Waals surface area contributed by atoms with Crippen LogP contribution in [0.4, 0.5) is 0 Å². The van der Waals surface area contributed by atoms with Crippen molar-refractivity contribution in [1.29, 1.82) is 0 Å². The highest BCUT2D eigenvalue weighted by Gasteiger charge is 2.37. The van der Waals surface area contributed by atoms with Crippen molar-refractivity contribution < 1.29 is 19.1 Å². The largest absolute Gasteiger partial charge is 0.340 e. The summed E-state index contributed by atoms with van der Waals surface area (Å²) >= 11 is 0. The van der Waals surface area contributed by atoms with Gasteiger partial charge in [-0.3, -0.25) is 9.36 Å². The van der Waals surface area contributed by atoms with Crippen LogP contribution in [-0.4, -0.2) is 15.6 Å². The van der Waals surface area contributed by atoms with Gasteiger partial charge in [-0.1, -0.05) is 60.7 Å². The third kappa shape index (κ3) is 3.18. The molecule has 1 atom stereocenters. The van der Waals surface area contributed by atoms with Crippen LogP contribution < -0.4 is 0 Å². The number of benzene rings is 2. The van der Waals surface area contributed by atoms with Crippen molar-refractivity contribution in [2.45, 2.75) is 5.66 Å². The van der Waals surface area contributed by atoms with Crippen LogP contribution in [0.25, 0.3) is 0 Å². The van der Waals surface area contributed by atoms with Crippen LogP contribution in [0.1, 0.15) is 21.6 Å². The summed E-state index contributed by atoms with van der Waals surface area (Å²) in [6, 6.07) is 16.3. The van der Waals surface area contributed by atoms with E-state index in [1.165, 1.54) is 0 Å². The van der Waals surface area contributed by atoms with Crippen molar-refractivity contribution in [1.82, 2.24) is 0 Å². The molecule has 2 aromatic rings. The van der Waals surface area contributed by atoms with E-state index in [1.54, 1.807) is 60.7 Å². The van der Waals surface area contributed by atoms with Gasteiger partial charge in [0.15, 0.2) is 5.78 Å². The van der Waals surface area contributed by atoms with Crippen LogP contribution in [0.5, 0.6) is 0 Å². The molecule has 0 aliphatic rings. The van der Waals surface area contributed by atoms with Crippen LogP contribution >= 0.6 is 7.60 Å². The van der Waals surface area contributed by atoms with E-state index in [-0.39, 0.29) is 0 Å². The average Bonchev–Trinajstić information content (AvgIpc) is 2.39. The number of hydrogen-bond acceptors (Lipinski definition) is 2. The molecule has 98 valence electrons. The maximum atomic E-state index is 12.3. The summed E-state index contributed by atoms with van der Waals surface area (Å²) in [7, 11) is -4.57. The first kappa shape index (κ1) is 13.7. The minimum absolute atomic E-state index is 0.291. The fourth-order valence-corrected chi connectivity index (χ4v) is 2.91. The number of ketones is 1. The van der Waals surface area contributed by atoms with Crippen LogP contribution in [0.2, 0.25) is 0 Å². The number of hydrogen-bond donors (Lipinski definition) is 2. The third-order valence-electron chi connectivity index (χ3n) is 2.76. The molecule has 0 bridgehead atoms. The first-order valence-corrected chi connectivity index (χ1v) is 7.38. The SMILES string of the molecule is O=C(c1ccccc1)C(c1ccccc1)P(=O)(O)O. The Balaban J connectivity index is 2.46. The molecule has 2 N–H and O–H groups in total. The summed E-state index contributed by atoms with van der Waals surface area (Å²) < 4.78 is 11.6. The molecule has 0 spiro atoms. The van der Waals surface area contributed by atoms with E-state index in [0.717, 1.165) is 0 Å². The normalized spacial score (nSPS) is 12.9. The monoisotopic (exact) mass is 276 g/mol. The topological polar surface area (TPSA) is 74.6 Å². The summed E-state index contributed by atoms with van der Waals surface area (Å²) in [5.74, 6) is -0.569. The molecule has 5 heteroatoms. The van der Waals surface area contributed by atoms with Crippen molar-refractivity contribution in [3.63, 3.8) is 0 Å². The molecule has 2 aromatic carbocycles. The van der Waals surface area contributed by atoms with Gasteiger partial charge in [0.2, 0.25) is 0 Å². The zero-order valence-electron chi connectivity index (χ0n) is 10.0. The summed E-state index contributed by atoms with van der Waals surface area (Å²) in [4.78, 5) is 31.2. The standard InChI is InChI=1S/C14H13O4P/c15-13(11-7-3-1-4-8-11)14(19(16,17)18)12-9-5-2-6-10-12/h1-10,14H,(H2,16,17,18). The fourth-order valence-electron chi connectivity index (χ4n) is 1.89. The summed E-state index contributed by atoms with van der Waals surface area (Å²) in [5, 5.41) is 0. The number of carbonyl (C=O) groups is 1. The van der Waals surface area contributed by atoms with Crippen molar-refractivity contribution in [2.24, 2.45) is 0 Å². The predicted octanol–water partition coefficient (Wildman–Crippen LogP) is 2.79. The highest BCUT2D eigenvalue weighted by atomic mass is 31.2. The maximum Gasteiger partial charge on any atom is 0.340 e. The molecule has 19 heavy (non-hydrogen) atoms. The Morgan fingerprint density at radius 3 is 1.84 bits per heavy atom. The van der Waals surface area contributed by atoms with Crippen molar-refractivity contribution >= 4 is 13.4 Å². The molecule has 4 nitrogen and oxygen atoms in total. The molecule has 2 rings (SSSR count). The quantitative estimate of drug-likeness (QED) is 0.665. The van der Waals surface area contributed by atoms with E-state index in [0.29, 0.717) is 11.1 Å². The highest BCUT2D eigenvalue weighted by molar-refractivity contribution is 7.53. The number of Topliss-reactive ketones (excluding diaryl/α,β-unsaturated/α-hetero) is 1. The molecule has 0 heterocycles. The van der Waals surface area contributed by atoms with Crippen molar-refractivity contribution in [3.05, 3.63) is 71.8 Å². The Hall–Kier alpha value is -1.74. The second kappa shape index (κ2) is 5.49. The minimum Gasteiger partial charge on any atom is -0.324 e. The van der Waals surface area contributed by atoms with E-state index in [4.69, 9.17) is 0 Å². The van der Waals surface area contributed by atoms with Gasteiger partial charge in [0.25, 0.3) is 0 Å². The van der Waals surface area contributed by atoms with Crippen LogP contribution in [0.3, 0.4) is 0 Å². The molecule has 0 fully saturated rings. The van der Waals surface area contributed by atoms with Gasteiger partial charge in [0.05, 0.1) is 0 Å². The van der Waals surface area contributed by atoms with E-state index in [1.807, 2.05) is 0 Å². The first-order chi connectivity index (χ1) is 9.00. The fraction of sp³-hybridized carbons (Fsp3) is 0.0714. The molecule has 0 saturated heterocycles. The van der Waals surface area contributed by atoms with Gasteiger partial charge in [-0.15, -0.1) is 0 Å². The Bertz CT molecular complexity index is 604. The molecule has 0 aromatic heterocycles. The lowest BCUT2D eigenvalue weighted by Gasteiger charge is -2.17. The van der Waals surface area contributed by atoms with Gasteiger partial charge in [-0.05, 0) is 5.56 Å². The number of rotatable bonds is 4. The summed E-state index contributed by atoms with van der Waals surface area (Å²) in [5.41, 5.74) is -0.833. The average molecular weight is 276 g/mol. The van der Waals surface area contributed by atoms with Gasteiger partial charge < -0.3 is 9.79 Å². The molecule has 0 radical (unpaired) electrons. The molecule has 0 aliphatic heterocycles. The second-order valence-corrected chi connectivity index (χ2v) is 5.83. The van der Waals surface area contributed by atoms with Crippen LogP contribution in [-0.2, 0) is 4.57 Å². The van der Waals surface area contributed by atoms with Crippen LogP contribution in [0, 0.1) is 0 Å². The second-order valence-electron chi connectivity index (χ2n) is 4.13. The van der Waals surface area contributed by atoms with Crippen molar-refractivity contribution in [3.8, 4) is 0 Å². The Kier molecular flexibility index (Phi) is 3.96. The smallest absolute Gasteiger partial charge is 0.324 e. The first-order valence-electron chi connectivity index (χ1n) is 5.69. The maximum absolute atomic E-state index is 12.3. The molecule has 0 aliphatic carbocycles. The Morgan fingerprint density at radius 1 is 0.895 bits per heavy atom. The minimum atomic E-state index is -4.57. The summed E-state index contributed by atoms with van der Waals surface area (Å²) in [6.45, 7) is 0. The molecule has 0 saturated carbocycles. The van der Waals surface area contributed by atoms with Gasteiger partial charge >= 0.3 is 7.60 Å². The van der Waals surface area contributed by atoms with Crippen LogP contribution in [0.15, 0.2) is 60.7 Å². The van der Waals surface area contributed by atoms with Crippen molar-refractivity contribution in [2.75, 3.05) is 0 Å². The Morgan fingerprint density at radius 2 is 1.37 bits per heavy atom. The van der Waals surface area contributed by atoms with Gasteiger partial charge in [-0.2, -0.15) is 0 Å². The highest BCUT2D eigenvalue weighted by Crippen LogP contribution is 2.53. The van der Waals surface area contributed by atoms with E-state index >= 15 is 0 Å². The third-order valence-corrected chi connectivity index (χ3v) is 3.96. The molecular formula is C14H13O4P. The lowest BCUT2D eigenvalue weighted by Crippen LogP contribution is -2.13. The lowest BCUT2D eigenvalue weighted by atomic mass is 10.0. The van der Waals surface area contributed by atoms with Gasteiger partial charge in [0.1, 0.15) is 5.66 Å². The molecule has 0 amide bonds. The lowest BCUT2D eigenvalue weighted by molar-refractivity contribution is 0.0978. The van der Waals surface area contributed by atoms with E-state index < -0.39 is 19.0 Å². The van der Waals surface area contributed by atoms with E-state index in [2.05, 4.69) is 0 Å². The summed E-state index contributed by atoms with van der Waals surface area (Å²) in [6.07, 6.45) is 0.